The van der Waals surface area contributed by atoms with Gasteiger partial charge >= 0.3 is 0 Å². The third kappa shape index (κ3) is 7.41. The number of carbonyl (C=O) groups is 2. The summed E-state index contributed by atoms with van der Waals surface area (Å²) in [4.78, 5) is 30.4. The number of ketones is 1. The van der Waals surface area contributed by atoms with Crippen molar-refractivity contribution in [3.8, 4) is 0 Å². The number of nitrogens with one attached hydrogen (secondary N) is 1. The Morgan fingerprint density at radius 2 is 1.89 bits per heavy atom. The summed E-state index contributed by atoms with van der Waals surface area (Å²) in [5.74, 6) is 0.132. The quantitative estimate of drug-likeness (QED) is 0.577. The van der Waals surface area contributed by atoms with Crippen LogP contribution in [0.2, 0.25) is 0 Å². The van der Waals surface area contributed by atoms with E-state index in [0.717, 1.165) is 32.1 Å². The third-order valence-corrected chi connectivity index (χ3v) is 5.17. The third-order valence-electron chi connectivity index (χ3n) is 5.17. The molecule has 152 valence electrons. The minimum absolute atomic E-state index is 0.0483. The molecular weight excluding hydrogens is 338 g/mol. The van der Waals surface area contributed by atoms with Gasteiger partial charge in [0, 0.05) is 12.1 Å². The van der Waals surface area contributed by atoms with E-state index >= 15 is 0 Å². The number of carbonyl (C=O) groups excluding carboxylic acids is 2. The molecule has 0 radical (unpaired) electrons. The molecule has 1 rings (SSSR count). The highest BCUT2D eigenvalue weighted by molar-refractivity contribution is 5.93. The lowest BCUT2D eigenvalue weighted by Gasteiger charge is -2.26. The molecule has 0 aromatic carbocycles. The monoisotopic (exact) mass is 375 g/mol. The van der Waals surface area contributed by atoms with E-state index in [0.29, 0.717) is 11.6 Å². The van der Waals surface area contributed by atoms with Gasteiger partial charge in [-0.25, -0.2) is 0 Å². The fourth-order valence-electron chi connectivity index (χ4n) is 3.20. The number of pyridine rings is 1. The van der Waals surface area contributed by atoms with Crippen LogP contribution in [0.1, 0.15) is 78.5 Å². The highest BCUT2D eigenvalue weighted by atomic mass is 16.2. The minimum Gasteiger partial charge on any atom is -0.341 e. The topological polar surface area (TPSA) is 85.1 Å². The summed E-state index contributed by atoms with van der Waals surface area (Å²) >= 11 is 0. The van der Waals surface area contributed by atoms with Gasteiger partial charge in [-0.05, 0) is 36.8 Å². The number of hydrogen-bond acceptors (Lipinski definition) is 4. The lowest BCUT2D eigenvalue weighted by atomic mass is 9.89. The average molecular weight is 376 g/mol. The number of nitrogens with zero attached hydrogens (tertiary/aromatic N) is 1. The van der Waals surface area contributed by atoms with Gasteiger partial charge in [0.25, 0.3) is 0 Å². The van der Waals surface area contributed by atoms with Crippen LogP contribution in [0, 0.1) is 17.8 Å². The Balaban J connectivity index is 3.05. The van der Waals surface area contributed by atoms with Gasteiger partial charge in [0.1, 0.15) is 6.04 Å². The first-order valence-corrected chi connectivity index (χ1v) is 10.3. The molecule has 0 aliphatic carbocycles. The maximum atomic E-state index is 13.1. The normalized spacial score (nSPS) is 15.8. The van der Waals surface area contributed by atoms with Crippen LogP contribution >= 0.6 is 0 Å². The summed E-state index contributed by atoms with van der Waals surface area (Å²) in [6.07, 6.45) is 6.14. The largest absolute Gasteiger partial charge is 0.341 e. The predicted molar refractivity (Wildman–Crippen MR) is 110 cm³/mol. The SMILES string of the molecule is CCCC[C@H](CC(C)C)C(=O)NC(C(=O)[C@@H](N)[C@@H](C)CC)c1ccccn1. The molecule has 1 aromatic rings. The highest BCUT2D eigenvalue weighted by Gasteiger charge is 2.32. The molecule has 1 amide bonds. The van der Waals surface area contributed by atoms with Crippen LogP contribution in [0.3, 0.4) is 0 Å². The predicted octanol–water partition coefficient (Wildman–Crippen LogP) is 4.03. The first-order chi connectivity index (χ1) is 12.8. The van der Waals surface area contributed by atoms with E-state index in [1.165, 1.54) is 0 Å². The molecule has 1 heterocycles. The molecule has 0 bridgehead atoms. The van der Waals surface area contributed by atoms with Crippen LogP contribution in [0.5, 0.6) is 0 Å². The molecule has 5 heteroatoms. The van der Waals surface area contributed by atoms with Gasteiger partial charge in [-0.2, -0.15) is 0 Å². The second-order valence-corrected chi connectivity index (χ2v) is 7.98. The van der Waals surface area contributed by atoms with Crippen molar-refractivity contribution in [2.24, 2.45) is 23.5 Å². The summed E-state index contributed by atoms with van der Waals surface area (Å²) in [5.41, 5.74) is 6.74. The fraction of sp³-hybridized carbons (Fsp3) is 0.682. The van der Waals surface area contributed by atoms with Crippen LogP contribution < -0.4 is 11.1 Å². The summed E-state index contributed by atoms with van der Waals surface area (Å²) in [6, 6.07) is 3.98. The number of Topliss-reactive ketones (excluding diaryl/α,β-unsaturated/α-hetero) is 1. The summed E-state index contributed by atoms with van der Waals surface area (Å²) in [5, 5.41) is 2.98. The van der Waals surface area contributed by atoms with E-state index in [9.17, 15) is 9.59 Å². The van der Waals surface area contributed by atoms with Crippen LogP contribution in [0.25, 0.3) is 0 Å². The van der Waals surface area contributed by atoms with E-state index in [2.05, 4.69) is 31.1 Å². The molecule has 0 aliphatic heterocycles. The van der Waals surface area contributed by atoms with Crippen LogP contribution in [-0.2, 0) is 9.59 Å². The van der Waals surface area contributed by atoms with Crippen LogP contribution in [-0.4, -0.2) is 22.7 Å². The smallest absolute Gasteiger partial charge is 0.224 e. The second kappa shape index (κ2) is 11.9. The van der Waals surface area contributed by atoms with Crippen molar-refractivity contribution in [1.82, 2.24) is 10.3 Å². The Kier molecular flexibility index (Phi) is 10.2. The van der Waals surface area contributed by atoms with Crippen molar-refractivity contribution >= 4 is 11.7 Å². The van der Waals surface area contributed by atoms with E-state index < -0.39 is 12.1 Å². The molecule has 4 atom stereocenters. The first-order valence-electron chi connectivity index (χ1n) is 10.3. The van der Waals surface area contributed by atoms with Crippen molar-refractivity contribution in [1.29, 1.82) is 0 Å². The Morgan fingerprint density at radius 3 is 2.41 bits per heavy atom. The van der Waals surface area contributed by atoms with Crippen molar-refractivity contribution < 1.29 is 9.59 Å². The molecular formula is C22H37N3O2. The van der Waals surface area contributed by atoms with E-state index in [-0.39, 0.29) is 23.5 Å². The molecule has 3 N–H and O–H groups in total. The average Bonchev–Trinajstić information content (AvgIpc) is 2.67. The van der Waals surface area contributed by atoms with Crippen molar-refractivity contribution in [2.45, 2.75) is 78.8 Å². The number of hydrogen-bond donors (Lipinski definition) is 2. The van der Waals surface area contributed by atoms with E-state index in [1.54, 1.807) is 18.3 Å². The van der Waals surface area contributed by atoms with Gasteiger partial charge in [-0.3, -0.25) is 14.6 Å². The maximum absolute atomic E-state index is 13.1. The Morgan fingerprint density at radius 1 is 1.19 bits per heavy atom. The standard InChI is InChI=1S/C22H37N3O2/c1-6-8-11-17(14-15(3)4)22(27)25-20(18-12-9-10-13-24-18)21(26)19(23)16(5)7-2/h9-10,12-13,15-17,19-20H,6-8,11,14,23H2,1-5H3,(H,25,27)/t16-,17+,19-,20?/m0/s1. The van der Waals surface area contributed by atoms with E-state index in [4.69, 9.17) is 5.73 Å². The summed E-state index contributed by atoms with van der Waals surface area (Å²) in [7, 11) is 0. The second-order valence-electron chi connectivity index (χ2n) is 7.98. The number of amides is 1. The molecule has 5 nitrogen and oxygen atoms in total. The molecule has 0 fully saturated rings. The molecule has 27 heavy (non-hydrogen) atoms. The number of aromatic nitrogens is 1. The van der Waals surface area contributed by atoms with Crippen molar-refractivity contribution in [3.63, 3.8) is 0 Å². The van der Waals surface area contributed by atoms with Crippen molar-refractivity contribution in [3.05, 3.63) is 30.1 Å². The van der Waals surface area contributed by atoms with Gasteiger partial charge < -0.3 is 11.1 Å². The zero-order chi connectivity index (χ0) is 20.4. The maximum Gasteiger partial charge on any atom is 0.224 e. The summed E-state index contributed by atoms with van der Waals surface area (Å²) in [6.45, 7) is 10.3. The highest BCUT2D eigenvalue weighted by Crippen LogP contribution is 2.22. The number of unbranched alkanes of at least 4 members (excludes halogenated alkanes) is 1. The van der Waals surface area contributed by atoms with E-state index in [1.807, 2.05) is 19.9 Å². The summed E-state index contributed by atoms with van der Waals surface area (Å²) < 4.78 is 0. The Labute approximate surface area is 164 Å². The van der Waals surface area contributed by atoms with Gasteiger partial charge in [-0.15, -0.1) is 0 Å². The first kappa shape index (κ1) is 23.3. The fourth-order valence-corrected chi connectivity index (χ4v) is 3.20. The Hall–Kier alpha value is -1.75. The molecule has 1 unspecified atom stereocenters. The minimum atomic E-state index is -0.793. The van der Waals surface area contributed by atoms with Crippen LogP contribution in [0.15, 0.2) is 24.4 Å². The van der Waals surface area contributed by atoms with Crippen molar-refractivity contribution in [2.75, 3.05) is 0 Å². The number of rotatable bonds is 12. The molecule has 0 aliphatic rings. The van der Waals surface area contributed by atoms with Gasteiger partial charge in [0.05, 0.1) is 11.7 Å². The number of nitrogens with two attached hydrogens (primary N) is 1. The molecule has 1 aromatic heterocycles. The molecule has 0 saturated heterocycles. The van der Waals surface area contributed by atoms with Crippen LogP contribution in [0.4, 0.5) is 0 Å². The lowest BCUT2D eigenvalue weighted by molar-refractivity contribution is -0.132. The molecule has 0 spiro atoms. The van der Waals surface area contributed by atoms with Gasteiger partial charge in [0.2, 0.25) is 5.91 Å². The zero-order valence-electron chi connectivity index (χ0n) is 17.6. The van der Waals surface area contributed by atoms with Gasteiger partial charge in [0.15, 0.2) is 5.78 Å². The van der Waals surface area contributed by atoms with Gasteiger partial charge in [-0.1, -0.05) is 59.9 Å². The zero-order valence-corrected chi connectivity index (χ0v) is 17.6. The lowest BCUT2D eigenvalue weighted by Crippen LogP contribution is -2.47. The molecule has 0 saturated carbocycles. The Bertz CT molecular complexity index is 574.